The highest BCUT2D eigenvalue weighted by molar-refractivity contribution is 14.1. The number of nitrogens with zero attached hydrogens (tertiary/aromatic N) is 3. The van der Waals surface area contributed by atoms with Gasteiger partial charge in [-0.15, -0.1) is 0 Å². The number of halogens is 7. The molecule has 14 heteroatoms. The molecule has 1 unspecified atom stereocenters. The molecule has 0 radical (unpaired) electrons. The van der Waals surface area contributed by atoms with Crippen molar-refractivity contribution < 1.29 is 41.0 Å². The van der Waals surface area contributed by atoms with E-state index >= 15 is 0 Å². The number of aromatic nitrogens is 2. The minimum absolute atomic E-state index is 0.000935. The van der Waals surface area contributed by atoms with Gasteiger partial charge in [0.25, 0.3) is 5.91 Å². The summed E-state index contributed by atoms with van der Waals surface area (Å²) >= 11 is 1.56. The van der Waals surface area contributed by atoms with Crippen LogP contribution in [-0.2, 0) is 25.4 Å². The second kappa shape index (κ2) is 10.1. The molecule has 0 aliphatic carbocycles. The maximum absolute atomic E-state index is 13.9. The second-order valence-corrected chi connectivity index (χ2v) is 9.79. The number of amides is 1. The van der Waals surface area contributed by atoms with Crippen LogP contribution in [0.1, 0.15) is 56.1 Å². The molecule has 1 aromatic heterocycles. The first-order valence-electron chi connectivity index (χ1n) is 11.1. The third kappa shape index (κ3) is 5.59. The Balaban J connectivity index is 1.66. The van der Waals surface area contributed by atoms with E-state index in [1.54, 1.807) is 22.6 Å². The average Bonchev–Trinajstić information content (AvgIpc) is 3.39. The summed E-state index contributed by atoms with van der Waals surface area (Å²) < 4.78 is 82.7. The van der Waals surface area contributed by atoms with E-state index in [1.807, 2.05) is 0 Å². The monoisotopic (exact) mass is 652 g/mol. The molecule has 38 heavy (non-hydrogen) atoms. The Hall–Kier alpha value is -3.30. The first kappa shape index (κ1) is 27.7. The lowest BCUT2D eigenvalue weighted by molar-refractivity contribution is -0.142. The van der Waals surface area contributed by atoms with E-state index in [1.165, 1.54) is 48.2 Å². The SMILES string of the molecule is CC(NC(=O)c1c(C(F)(F)F)nn2c1N(Cc1ccc(I)c(C(F)(F)F)c1)CC2)c1ccc(C(=O)O)cc1. The topological polar surface area (TPSA) is 87.5 Å². The van der Waals surface area contributed by atoms with Crippen molar-refractivity contribution in [2.45, 2.75) is 38.4 Å². The van der Waals surface area contributed by atoms with E-state index in [-0.39, 0.29) is 40.1 Å². The molecular weight excluding hydrogens is 633 g/mol. The van der Waals surface area contributed by atoms with Crippen LogP contribution in [0.2, 0.25) is 0 Å². The zero-order valence-electron chi connectivity index (χ0n) is 19.5. The second-order valence-electron chi connectivity index (χ2n) is 8.62. The van der Waals surface area contributed by atoms with Crippen LogP contribution < -0.4 is 10.2 Å². The van der Waals surface area contributed by atoms with Crippen molar-refractivity contribution in [1.82, 2.24) is 15.1 Å². The fourth-order valence-electron chi connectivity index (χ4n) is 4.19. The summed E-state index contributed by atoms with van der Waals surface area (Å²) in [5, 5.41) is 15.1. The van der Waals surface area contributed by atoms with E-state index in [0.717, 1.165) is 10.7 Å². The number of benzene rings is 2. The van der Waals surface area contributed by atoms with E-state index in [0.29, 0.717) is 5.56 Å². The zero-order chi connectivity index (χ0) is 28.0. The summed E-state index contributed by atoms with van der Waals surface area (Å²) in [5.74, 6) is -2.37. The van der Waals surface area contributed by atoms with Crippen molar-refractivity contribution in [3.05, 3.63) is 79.5 Å². The first-order chi connectivity index (χ1) is 17.7. The van der Waals surface area contributed by atoms with Gasteiger partial charge in [-0.3, -0.25) is 4.79 Å². The van der Waals surface area contributed by atoms with Gasteiger partial charge in [0.05, 0.1) is 23.7 Å². The zero-order valence-corrected chi connectivity index (χ0v) is 21.6. The summed E-state index contributed by atoms with van der Waals surface area (Å²) in [7, 11) is 0. The van der Waals surface area contributed by atoms with Crippen molar-refractivity contribution in [2.75, 3.05) is 11.4 Å². The lowest BCUT2D eigenvalue weighted by atomic mass is 10.1. The van der Waals surface area contributed by atoms with E-state index < -0.39 is 47.1 Å². The van der Waals surface area contributed by atoms with E-state index in [9.17, 15) is 35.9 Å². The highest BCUT2D eigenvalue weighted by Gasteiger charge is 2.44. The van der Waals surface area contributed by atoms with Crippen LogP contribution in [0, 0.1) is 3.57 Å². The normalized spacial score (nSPS) is 14.4. The van der Waals surface area contributed by atoms with Gasteiger partial charge in [0.15, 0.2) is 5.69 Å². The Morgan fingerprint density at radius 1 is 1.05 bits per heavy atom. The molecule has 1 aliphatic heterocycles. The maximum atomic E-state index is 13.9. The molecule has 0 spiro atoms. The summed E-state index contributed by atoms with van der Waals surface area (Å²) in [6, 6.07) is 8.34. The fraction of sp³-hybridized carbons (Fsp3) is 0.292. The molecule has 3 aromatic rings. The van der Waals surface area contributed by atoms with Crippen LogP contribution in [0.5, 0.6) is 0 Å². The molecule has 1 aliphatic rings. The number of fused-ring (bicyclic) bond motifs is 1. The smallest absolute Gasteiger partial charge is 0.436 e. The number of nitrogens with one attached hydrogen (secondary N) is 1. The molecule has 7 nitrogen and oxygen atoms in total. The number of carbonyl (C=O) groups excluding carboxylic acids is 1. The minimum Gasteiger partial charge on any atom is -0.478 e. The van der Waals surface area contributed by atoms with Crippen LogP contribution in [0.4, 0.5) is 32.2 Å². The fourth-order valence-corrected chi connectivity index (χ4v) is 4.83. The third-order valence-electron chi connectivity index (χ3n) is 6.02. The molecule has 2 aromatic carbocycles. The summed E-state index contributed by atoms with van der Waals surface area (Å²) in [4.78, 5) is 25.6. The maximum Gasteiger partial charge on any atom is 0.436 e. The van der Waals surface area contributed by atoms with Crippen molar-refractivity contribution in [2.24, 2.45) is 0 Å². The molecular formula is C24H19F6IN4O3. The highest BCUT2D eigenvalue weighted by atomic mass is 127. The van der Waals surface area contributed by atoms with Gasteiger partial charge in [-0.2, -0.15) is 31.4 Å². The van der Waals surface area contributed by atoms with Crippen LogP contribution in [0.15, 0.2) is 42.5 Å². The summed E-state index contributed by atoms with van der Waals surface area (Å²) in [6.07, 6.45) is -9.57. The van der Waals surface area contributed by atoms with Gasteiger partial charge in [-0.05, 0) is 64.9 Å². The standard InChI is InChI=1S/C24H19F6IN4O3/c1-12(14-3-5-15(6-4-14)22(37)38)32-20(36)18-19(24(28,29)30)33-35-9-8-34(21(18)35)11-13-2-7-17(31)16(10-13)23(25,26)27/h2-7,10,12H,8-9,11H2,1H3,(H,32,36)(H,37,38). The molecule has 2 heterocycles. The van der Waals surface area contributed by atoms with Crippen LogP contribution >= 0.6 is 22.6 Å². The molecule has 4 rings (SSSR count). The number of carboxylic acids is 1. The van der Waals surface area contributed by atoms with Gasteiger partial charge in [-0.25, -0.2) is 9.48 Å². The number of hydrogen-bond donors (Lipinski definition) is 2. The molecule has 0 bridgehead atoms. The number of anilines is 1. The average molecular weight is 652 g/mol. The van der Waals surface area contributed by atoms with Gasteiger partial charge >= 0.3 is 18.3 Å². The number of hydrogen-bond acceptors (Lipinski definition) is 4. The first-order valence-corrected chi connectivity index (χ1v) is 12.2. The van der Waals surface area contributed by atoms with Gasteiger partial charge in [0.1, 0.15) is 11.4 Å². The minimum atomic E-state index is -4.96. The molecule has 0 fully saturated rings. The summed E-state index contributed by atoms with van der Waals surface area (Å²) in [5.41, 5.74) is -2.33. The Morgan fingerprint density at radius 2 is 1.71 bits per heavy atom. The Kier molecular flexibility index (Phi) is 7.38. The van der Waals surface area contributed by atoms with Gasteiger partial charge in [0, 0.05) is 16.7 Å². The van der Waals surface area contributed by atoms with Crippen LogP contribution in [-0.4, -0.2) is 33.3 Å². The van der Waals surface area contributed by atoms with Crippen molar-refractivity contribution >= 4 is 40.3 Å². The number of carboxylic acid groups (broad SMARTS) is 1. The predicted octanol–water partition coefficient (Wildman–Crippen LogP) is 5.73. The molecule has 202 valence electrons. The molecule has 1 atom stereocenters. The molecule has 0 saturated carbocycles. The quantitative estimate of drug-likeness (QED) is 0.263. The number of alkyl halides is 6. The van der Waals surface area contributed by atoms with E-state index in [4.69, 9.17) is 5.11 Å². The molecule has 1 amide bonds. The molecule has 2 N–H and O–H groups in total. The molecule has 0 saturated heterocycles. The van der Waals surface area contributed by atoms with Crippen molar-refractivity contribution in [3.8, 4) is 0 Å². The van der Waals surface area contributed by atoms with Crippen LogP contribution in [0.3, 0.4) is 0 Å². The predicted molar refractivity (Wildman–Crippen MR) is 132 cm³/mol. The number of aromatic carboxylic acids is 1. The summed E-state index contributed by atoms with van der Waals surface area (Å²) in [6.45, 7) is 1.50. The number of rotatable bonds is 6. The van der Waals surface area contributed by atoms with Gasteiger partial charge in [0.2, 0.25) is 0 Å². The number of carbonyl (C=O) groups is 2. The van der Waals surface area contributed by atoms with Crippen LogP contribution in [0.25, 0.3) is 0 Å². The third-order valence-corrected chi connectivity index (χ3v) is 6.96. The largest absolute Gasteiger partial charge is 0.478 e. The van der Waals surface area contributed by atoms with Crippen molar-refractivity contribution in [1.29, 1.82) is 0 Å². The highest BCUT2D eigenvalue weighted by Crippen LogP contribution is 2.39. The van der Waals surface area contributed by atoms with Crippen molar-refractivity contribution in [3.63, 3.8) is 0 Å². The van der Waals surface area contributed by atoms with Gasteiger partial charge in [-0.1, -0.05) is 18.2 Å². The lowest BCUT2D eigenvalue weighted by Crippen LogP contribution is -2.31. The Labute approximate surface area is 225 Å². The van der Waals surface area contributed by atoms with E-state index in [2.05, 4.69) is 10.4 Å². The van der Waals surface area contributed by atoms with Gasteiger partial charge < -0.3 is 15.3 Å². The lowest BCUT2D eigenvalue weighted by Gasteiger charge is -2.21. The Morgan fingerprint density at radius 3 is 2.29 bits per heavy atom. The Bertz CT molecular complexity index is 1390.